The second kappa shape index (κ2) is 12.0. The number of likely N-dealkylation sites (tertiary alicyclic amines) is 1. The Morgan fingerprint density at radius 2 is 1.77 bits per heavy atom. The van der Waals surface area contributed by atoms with Crippen LogP contribution in [-0.2, 0) is 4.79 Å². The molecule has 0 aromatic heterocycles. The van der Waals surface area contributed by atoms with Gasteiger partial charge < -0.3 is 20.9 Å². The van der Waals surface area contributed by atoms with Gasteiger partial charge >= 0.3 is 0 Å². The monoisotopic (exact) mass is 425 g/mol. The number of anilines is 2. The standard InChI is InChI=1S/C25H39N5O/c1-19(2)17-22(18-26)29-25(31)23-7-3-4-8-24(23)28-21-11-9-20(10-12-21)27-13-16-30-14-5-6-15-30/h9-12,19,22-24,27-28H,3-8,13-17H2,1-2H3,(H,29,31)/t22-,23+,24-/m0/s1. The Hall–Kier alpha value is -2.26. The normalized spacial score (nSPS) is 22.6. The molecule has 1 saturated carbocycles. The van der Waals surface area contributed by atoms with Crippen molar-refractivity contribution in [1.82, 2.24) is 10.2 Å². The van der Waals surface area contributed by atoms with Crippen molar-refractivity contribution < 1.29 is 4.79 Å². The summed E-state index contributed by atoms with van der Waals surface area (Å²) < 4.78 is 0. The highest BCUT2D eigenvalue weighted by Gasteiger charge is 2.32. The number of nitrogens with one attached hydrogen (secondary N) is 3. The molecule has 3 N–H and O–H groups in total. The van der Waals surface area contributed by atoms with Crippen molar-refractivity contribution in [2.75, 3.05) is 36.8 Å². The molecular formula is C25H39N5O. The van der Waals surface area contributed by atoms with E-state index < -0.39 is 6.04 Å². The molecule has 170 valence electrons. The van der Waals surface area contributed by atoms with Gasteiger partial charge in [0, 0.05) is 30.5 Å². The number of carbonyl (C=O) groups excluding carboxylic acids is 1. The van der Waals surface area contributed by atoms with E-state index in [0.717, 1.165) is 50.1 Å². The van der Waals surface area contributed by atoms with Crippen molar-refractivity contribution in [3.8, 4) is 6.07 Å². The van der Waals surface area contributed by atoms with Crippen LogP contribution in [0.1, 0.15) is 58.8 Å². The van der Waals surface area contributed by atoms with Crippen molar-refractivity contribution in [3.63, 3.8) is 0 Å². The van der Waals surface area contributed by atoms with E-state index in [1.807, 2.05) is 0 Å². The molecular weight excluding hydrogens is 386 g/mol. The summed E-state index contributed by atoms with van der Waals surface area (Å²) in [6.45, 7) is 8.67. The summed E-state index contributed by atoms with van der Waals surface area (Å²) in [5.74, 6) is 0.312. The van der Waals surface area contributed by atoms with E-state index in [0.29, 0.717) is 12.3 Å². The van der Waals surface area contributed by atoms with Gasteiger partial charge in [-0.2, -0.15) is 5.26 Å². The Bertz CT molecular complexity index is 720. The number of amides is 1. The van der Waals surface area contributed by atoms with E-state index in [1.54, 1.807) is 0 Å². The van der Waals surface area contributed by atoms with Gasteiger partial charge in [-0.25, -0.2) is 0 Å². The highest BCUT2D eigenvalue weighted by molar-refractivity contribution is 5.80. The van der Waals surface area contributed by atoms with Crippen LogP contribution in [0.2, 0.25) is 0 Å². The van der Waals surface area contributed by atoms with Crippen LogP contribution in [0.15, 0.2) is 24.3 Å². The molecule has 1 aromatic carbocycles. The maximum absolute atomic E-state index is 12.9. The van der Waals surface area contributed by atoms with E-state index in [9.17, 15) is 10.1 Å². The zero-order valence-corrected chi connectivity index (χ0v) is 19.2. The summed E-state index contributed by atoms with van der Waals surface area (Å²) in [6.07, 6.45) is 7.40. The van der Waals surface area contributed by atoms with Crippen molar-refractivity contribution in [2.45, 2.75) is 70.9 Å². The first-order valence-corrected chi connectivity index (χ1v) is 12.1. The summed E-state index contributed by atoms with van der Waals surface area (Å²) in [7, 11) is 0. The molecule has 6 heteroatoms. The van der Waals surface area contributed by atoms with E-state index in [4.69, 9.17) is 0 Å². The number of carbonyl (C=O) groups is 1. The van der Waals surface area contributed by atoms with Crippen LogP contribution in [-0.4, -0.2) is 49.1 Å². The number of nitrogens with zero attached hydrogens (tertiary/aromatic N) is 2. The molecule has 0 radical (unpaired) electrons. The Morgan fingerprint density at radius 1 is 1.10 bits per heavy atom. The van der Waals surface area contributed by atoms with Crippen LogP contribution in [0, 0.1) is 23.2 Å². The SMILES string of the molecule is CC(C)C[C@@H](C#N)NC(=O)[C@@H]1CCCC[C@@H]1Nc1ccc(NCCN2CCCC2)cc1. The lowest BCUT2D eigenvalue weighted by Crippen LogP contribution is -2.46. The molecule has 1 heterocycles. The van der Waals surface area contributed by atoms with Crippen molar-refractivity contribution >= 4 is 17.3 Å². The first-order chi connectivity index (χ1) is 15.0. The number of benzene rings is 1. The number of nitriles is 1. The van der Waals surface area contributed by atoms with Gasteiger partial charge in [-0.05, 0) is 75.4 Å². The van der Waals surface area contributed by atoms with Crippen molar-refractivity contribution in [2.24, 2.45) is 11.8 Å². The third-order valence-electron chi connectivity index (χ3n) is 6.47. The lowest BCUT2D eigenvalue weighted by molar-refractivity contribution is -0.126. The molecule has 1 aliphatic carbocycles. The predicted molar refractivity (Wildman–Crippen MR) is 127 cm³/mol. The molecule has 2 fully saturated rings. The minimum absolute atomic E-state index is 0.0181. The molecule has 3 atom stereocenters. The third kappa shape index (κ3) is 7.43. The molecule has 2 aliphatic rings. The average Bonchev–Trinajstić information content (AvgIpc) is 3.28. The summed E-state index contributed by atoms with van der Waals surface area (Å²) in [6, 6.07) is 10.4. The lowest BCUT2D eigenvalue weighted by Gasteiger charge is -2.32. The Morgan fingerprint density at radius 3 is 2.45 bits per heavy atom. The second-order valence-corrected chi connectivity index (χ2v) is 9.51. The number of hydrogen-bond acceptors (Lipinski definition) is 5. The summed E-state index contributed by atoms with van der Waals surface area (Å²) >= 11 is 0. The first kappa shape index (κ1) is 23.4. The van der Waals surface area contributed by atoms with Crippen LogP contribution in [0.25, 0.3) is 0 Å². The quantitative estimate of drug-likeness (QED) is 0.523. The fourth-order valence-electron chi connectivity index (χ4n) is 4.77. The molecule has 1 saturated heterocycles. The molecule has 1 aliphatic heterocycles. The van der Waals surface area contributed by atoms with Gasteiger partial charge in [0.1, 0.15) is 6.04 Å². The maximum atomic E-state index is 12.9. The zero-order chi connectivity index (χ0) is 22.1. The van der Waals surface area contributed by atoms with Gasteiger partial charge in [0.15, 0.2) is 0 Å². The molecule has 0 bridgehead atoms. The predicted octanol–water partition coefficient (Wildman–Crippen LogP) is 4.22. The van der Waals surface area contributed by atoms with Gasteiger partial charge in [0.2, 0.25) is 5.91 Å². The molecule has 31 heavy (non-hydrogen) atoms. The molecule has 0 unspecified atom stereocenters. The van der Waals surface area contributed by atoms with Crippen LogP contribution >= 0.6 is 0 Å². The van der Waals surface area contributed by atoms with E-state index in [-0.39, 0.29) is 17.9 Å². The molecule has 1 aromatic rings. The van der Waals surface area contributed by atoms with E-state index >= 15 is 0 Å². The van der Waals surface area contributed by atoms with Gasteiger partial charge in [0.05, 0.1) is 12.0 Å². The van der Waals surface area contributed by atoms with Crippen LogP contribution in [0.5, 0.6) is 0 Å². The smallest absolute Gasteiger partial charge is 0.226 e. The third-order valence-corrected chi connectivity index (χ3v) is 6.47. The fourth-order valence-corrected chi connectivity index (χ4v) is 4.77. The van der Waals surface area contributed by atoms with Gasteiger partial charge in [0.25, 0.3) is 0 Å². The van der Waals surface area contributed by atoms with Crippen LogP contribution in [0.3, 0.4) is 0 Å². The lowest BCUT2D eigenvalue weighted by atomic mass is 9.83. The highest BCUT2D eigenvalue weighted by atomic mass is 16.2. The van der Waals surface area contributed by atoms with Crippen molar-refractivity contribution in [1.29, 1.82) is 5.26 Å². The van der Waals surface area contributed by atoms with E-state index in [2.05, 4.69) is 65.0 Å². The summed E-state index contributed by atoms with van der Waals surface area (Å²) in [5, 5.41) is 19.5. The number of rotatable bonds is 10. The second-order valence-electron chi connectivity index (χ2n) is 9.51. The first-order valence-electron chi connectivity index (χ1n) is 12.1. The Balaban J connectivity index is 1.50. The van der Waals surface area contributed by atoms with Crippen LogP contribution in [0.4, 0.5) is 11.4 Å². The minimum Gasteiger partial charge on any atom is -0.384 e. The van der Waals surface area contributed by atoms with Gasteiger partial charge in [-0.1, -0.05) is 26.7 Å². The van der Waals surface area contributed by atoms with Crippen LogP contribution < -0.4 is 16.0 Å². The van der Waals surface area contributed by atoms with E-state index in [1.165, 1.54) is 25.9 Å². The Labute approximate surface area is 187 Å². The topological polar surface area (TPSA) is 80.2 Å². The number of hydrogen-bond donors (Lipinski definition) is 3. The highest BCUT2D eigenvalue weighted by Crippen LogP contribution is 2.28. The average molecular weight is 426 g/mol. The zero-order valence-electron chi connectivity index (χ0n) is 19.2. The molecule has 3 rings (SSSR count). The van der Waals surface area contributed by atoms with Crippen molar-refractivity contribution in [3.05, 3.63) is 24.3 Å². The maximum Gasteiger partial charge on any atom is 0.226 e. The van der Waals surface area contributed by atoms with Gasteiger partial charge in [-0.3, -0.25) is 4.79 Å². The summed E-state index contributed by atoms with van der Waals surface area (Å²) in [5.41, 5.74) is 2.18. The fraction of sp³-hybridized carbons (Fsp3) is 0.680. The Kier molecular flexibility index (Phi) is 9.02. The minimum atomic E-state index is -0.402. The molecule has 0 spiro atoms. The molecule has 1 amide bonds. The molecule has 6 nitrogen and oxygen atoms in total. The summed E-state index contributed by atoms with van der Waals surface area (Å²) in [4.78, 5) is 15.4. The van der Waals surface area contributed by atoms with Gasteiger partial charge in [-0.15, -0.1) is 0 Å². The largest absolute Gasteiger partial charge is 0.384 e.